The molecule has 1 unspecified atom stereocenters. The number of thiazole rings is 1. The first-order valence-corrected chi connectivity index (χ1v) is 6.39. The molecule has 0 amide bonds. The predicted molar refractivity (Wildman–Crippen MR) is 67.2 cm³/mol. The molecule has 0 aliphatic heterocycles. The van der Waals surface area contributed by atoms with Crippen LogP contribution >= 0.6 is 11.3 Å². The second-order valence-corrected chi connectivity index (χ2v) is 4.67. The highest BCUT2D eigenvalue weighted by molar-refractivity contribution is 7.12. The lowest BCUT2D eigenvalue weighted by Gasteiger charge is -2.10. The van der Waals surface area contributed by atoms with E-state index in [4.69, 9.17) is 0 Å². The normalized spacial score (nSPS) is 12.6. The molecule has 1 atom stereocenters. The summed E-state index contributed by atoms with van der Waals surface area (Å²) in [5.74, 6) is 0.913. The minimum absolute atomic E-state index is 0.463. The van der Waals surface area contributed by atoms with Crippen molar-refractivity contribution < 1.29 is 0 Å². The second kappa shape index (κ2) is 5.12. The fourth-order valence-electron chi connectivity index (χ4n) is 1.59. The number of hydrogen-bond acceptors (Lipinski definition) is 4. The van der Waals surface area contributed by atoms with Gasteiger partial charge < -0.3 is 5.32 Å². The van der Waals surface area contributed by atoms with Crippen molar-refractivity contribution in [3.05, 3.63) is 23.8 Å². The average molecular weight is 236 g/mol. The van der Waals surface area contributed by atoms with Gasteiger partial charge in [-0.15, -0.1) is 16.4 Å². The van der Waals surface area contributed by atoms with Gasteiger partial charge in [0.2, 0.25) is 5.13 Å². The third-order valence-corrected chi connectivity index (χ3v) is 3.08. The maximum absolute atomic E-state index is 4.43. The van der Waals surface area contributed by atoms with Crippen molar-refractivity contribution in [1.29, 1.82) is 0 Å². The molecule has 2 aromatic rings. The zero-order valence-corrected chi connectivity index (χ0v) is 10.4. The summed E-state index contributed by atoms with van der Waals surface area (Å²) in [4.78, 5) is 4.21. The van der Waals surface area contributed by atoms with Gasteiger partial charge >= 0.3 is 0 Å². The van der Waals surface area contributed by atoms with Crippen molar-refractivity contribution >= 4 is 17.2 Å². The summed E-state index contributed by atoms with van der Waals surface area (Å²) in [5.41, 5.74) is 0. The van der Waals surface area contributed by atoms with E-state index in [1.54, 1.807) is 22.2 Å². The van der Waals surface area contributed by atoms with Gasteiger partial charge in [-0.2, -0.15) is 0 Å². The van der Waals surface area contributed by atoms with Crippen LogP contribution in [-0.4, -0.2) is 20.8 Å². The summed E-state index contributed by atoms with van der Waals surface area (Å²) < 4.78 is 1.80. The van der Waals surface area contributed by atoms with Crippen LogP contribution in [0.25, 0.3) is 5.13 Å². The number of hydrogen-bond donors (Lipinski definition) is 1. The Morgan fingerprint density at radius 1 is 1.56 bits per heavy atom. The van der Waals surface area contributed by atoms with Gasteiger partial charge in [-0.25, -0.2) is 9.67 Å². The van der Waals surface area contributed by atoms with E-state index in [9.17, 15) is 0 Å². The quantitative estimate of drug-likeness (QED) is 0.868. The largest absolute Gasteiger partial charge is 0.366 e. The van der Waals surface area contributed by atoms with Crippen LogP contribution in [0.2, 0.25) is 0 Å². The zero-order chi connectivity index (χ0) is 11.4. The van der Waals surface area contributed by atoms with Gasteiger partial charge in [-0.3, -0.25) is 0 Å². The van der Waals surface area contributed by atoms with Crippen molar-refractivity contribution in [2.45, 2.75) is 32.7 Å². The van der Waals surface area contributed by atoms with Crippen LogP contribution in [0, 0.1) is 0 Å². The SMILES string of the molecule is CCCC(C)Nc1ccn(-c2nccs2)n1. The van der Waals surface area contributed by atoms with E-state index in [1.807, 2.05) is 17.6 Å². The monoisotopic (exact) mass is 236 g/mol. The molecule has 5 heteroatoms. The Morgan fingerprint density at radius 3 is 3.12 bits per heavy atom. The van der Waals surface area contributed by atoms with E-state index < -0.39 is 0 Å². The molecule has 2 rings (SSSR count). The lowest BCUT2D eigenvalue weighted by molar-refractivity contribution is 0.685. The smallest absolute Gasteiger partial charge is 0.210 e. The van der Waals surface area contributed by atoms with Gasteiger partial charge in [0.15, 0.2) is 0 Å². The first-order valence-electron chi connectivity index (χ1n) is 5.51. The molecule has 0 saturated carbocycles. The van der Waals surface area contributed by atoms with Crippen molar-refractivity contribution in [3.63, 3.8) is 0 Å². The average Bonchev–Trinajstić information content (AvgIpc) is 2.86. The zero-order valence-electron chi connectivity index (χ0n) is 9.55. The fraction of sp³-hybridized carbons (Fsp3) is 0.455. The summed E-state index contributed by atoms with van der Waals surface area (Å²) in [6.07, 6.45) is 6.06. The maximum atomic E-state index is 4.43. The summed E-state index contributed by atoms with van der Waals surface area (Å²) in [6, 6.07) is 2.44. The molecule has 2 heterocycles. The molecule has 0 bridgehead atoms. The first kappa shape index (κ1) is 11.1. The van der Waals surface area contributed by atoms with Gasteiger partial charge in [0.25, 0.3) is 0 Å². The van der Waals surface area contributed by atoms with Crippen molar-refractivity contribution in [2.75, 3.05) is 5.32 Å². The summed E-state index contributed by atoms with van der Waals surface area (Å²) in [5, 5.41) is 10.6. The minimum Gasteiger partial charge on any atom is -0.366 e. The van der Waals surface area contributed by atoms with Crippen LogP contribution in [0.5, 0.6) is 0 Å². The predicted octanol–water partition coefficient (Wildman–Crippen LogP) is 2.93. The number of nitrogens with zero attached hydrogens (tertiary/aromatic N) is 3. The fourth-order valence-corrected chi connectivity index (χ4v) is 2.17. The number of anilines is 1. The highest BCUT2D eigenvalue weighted by atomic mass is 32.1. The molecule has 1 N–H and O–H groups in total. The van der Waals surface area contributed by atoms with E-state index in [-0.39, 0.29) is 0 Å². The molecule has 0 radical (unpaired) electrons. The highest BCUT2D eigenvalue weighted by Gasteiger charge is 2.05. The Kier molecular flexibility index (Phi) is 3.56. The summed E-state index contributed by atoms with van der Waals surface area (Å²) >= 11 is 1.58. The number of rotatable bonds is 5. The molecule has 2 aromatic heterocycles. The Labute approximate surface area is 99.3 Å². The molecule has 0 aliphatic carbocycles. The molecule has 0 fully saturated rings. The maximum Gasteiger partial charge on any atom is 0.210 e. The molecule has 0 aliphatic rings. The molecule has 0 aromatic carbocycles. The number of nitrogens with one attached hydrogen (secondary N) is 1. The van der Waals surface area contributed by atoms with Crippen molar-refractivity contribution in [1.82, 2.24) is 14.8 Å². The third kappa shape index (κ3) is 2.61. The summed E-state index contributed by atoms with van der Waals surface area (Å²) in [6.45, 7) is 4.36. The Hall–Kier alpha value is -1.36. The summed E-state index contributed by atoms with van der Waals surface area (Å²) in [7, 11) is 0. The lowest BCUT2D eigenvalue weighted by atomic mass is 10.2. The highest BCUT2D eigenvalue weighted by Crippen LogP contribution is 2.13. The van der Waals surface area contributed by atoms with Crippen molar-refractivity contribution in [3.8, 4) is 5.13 Å². The molecule has 0 saturated heterocycles. The van der Waals surface area contributed by atoms with Gasteiger partial charge in [0.1, 0.15) is 5.82 Å². The van der Waals surface area contributed by atoms with E-state index in [1.165, 1.54) is 6.42 Å². The standard InChI is InChI=1S/C11H16N4S/c1-3-4-9(2)13-10-5-7-15(14-10)11-12-6-8-16-11/h5-9H,3-4H2,1-2H3,(H,13,14). The number of aromatic nitrogens is 3. The minimum atomic E-state index is 0.463. The lowest BCUT2D eigenvalue weighted by Crippen LogP contribution is -2.15. The van der Waals surface area contributed by atoms with E-state index in [2.05, 4.69) is 29.2 Å². The van der Waals surface area contributed by atoms with Gasteiger partial charge in [-0.1, -0.05) is 13.3 Å². The van der Waals surface area contributed by atoms with Crippen LogP contribution in [0.15, 0.2) is 23.8 Å². The first-order chi connectivity index (χ1) is 7.79. The molecule has 4 nitrogen and oxygen atoms in total. The van der Waals surface area contributed by atoms with E-state index in [0.717, 1.165) is 17.4 Å². The van der Waals surface area contributed by atoms with Gasteiger partial charge in [0.05, 0.1) is 0 Å². The van der Waals surface area contributed by atoms with Crippen LogP contribution < -0.4 is 5.32 Å². The molecule has 86 valence electrons. The van der Waals surface area contributed by atoms with Crippen LogP contribution in [0.4, 0.5) is 5.82 Å². The van der Waals surface area contributed by atoms with Crippen molar-refractivity contribution in [2.24, 2.45) is 0 Å². The van der Waals surface area contributed by atoms with Gasteiger partial charge in [0, 0.05) is 29.9 Å². The second-order valence-electron chi connectivity index (χ2n) is 3.79. The molecular formula is C11H16N4S. The Balaban J connectivity index is 2.03. The van der Waals surface area contributed by atoms with Crippen LogP contribution in [-0.2, 0) is 0 Å². The molecule has 0 spiro atoms. The Bertz CT molecular complexity index is 421. The van der Waals surface area contributed by atoms with Gasteiger partial charge in [-0.05, 0) is 13.3 Å². The van der Waals surface area contributed by atoms with E-state index in [0.29, 0.717) is 6.04 Å². The van der Waals surface area contributed by atoms with Crippen LogP contribution in [0.3, 0.4) is 0 Å². The van der Waals surface area contributed by atoms with Crippen LogP contribution in [0.1, 0.15) is 26.7 Å². The topological polar surface area (TPSA) is 42.7 Å². The Morgan fingerprint density at radius 2 is 2.44 bits per heavy atom. The molecular weight excluding hydrogens is 220 g/mol. The van der Waals surface area contributed by atoms with E-state index >= 15 is 0 Å². The third-order valence-electron chi connectivity index (χ3n) is 2.32. The molecule has 16 heavy (non-hydrogen) atoms.